The first-order chi connectivity index (χ1) is 11.2. The highest BCUT2D eigenvalue weighted by Gasteiger charge is 2.37. The summed E-state index contributed by atoms with van der Waals surface area (Å²) in [6.07, 6.45) is 7.11. The van der Waals surface area contributed by atoms with Gasteiger partial charge in [-0.15, -0.1) is 0 Å². The first-order valence-corrected chi connectivity index (χ1v) is 8.80. The maximum Gasteiger partial charge on any atom is 0.0342 e. The predicted molar refractivity (Wildman–Crippen MR) is 99.3 cm³/mol. The van der Waals surface area contributed by atoms with Crippen molar-refractivity contribution in [2.75, 3.05) is 0 Å². The van der Waals surface area contributed by atoms with E-state index in [1.54, 1.807) is 0 Å². The van der Waals surface area contributed by atoms with Gasteiger partial charge in [0.1, 0.15) is 0 Å². The van der Waals surface area contributed by atoms with Crippen LogP contribution in [0.1, 0.15) is 50.2 Å². The van der Waals surface area contributed by atoms with Crippen molar-refractivity contribution in [3.63, 3.8) is 0 Å². The van der Waals surface area contributed by atoms with Crippen LogP contribution in [0.15, 0.2) is 60.8 Å². The van der Waals surface area contributed by atoms with Crippen LogP contribution in [0.25, 0.3) is 11.1 Å². The van der Waals surface area contributed by atoms with Gasteiger partial charge in [-0.3, -0.25) is 0 Å². The molecule has 1 fully saturated rings. The molecule has 23 heavy (non-hydrogen) atoms. The quantitative estimate of drug-likeness (QED) is 0.765. The van der Waals surface area contributed by atoms with E-state index in [4.69, 9.17) is 5.73 Å². The maximum absolute atomic E-state index is 6.16. The fourth-order valence-electron chi connectivity index (χ4n) is 3.91. The largest absolute Gasteiger partial charge is 0.402 e. The lowest BCUT2D eigenvalue weighted by molar-refractivity contribution is 0.518. The van der Waals surface area contributed by atoms with Gasteiger partial charge < -0.3 is 5.73 Å². The molecule has 0 amide bonds. The van der Waals surface area contributed by atoms with Gasteiger partial charge in [-0.25, -0.2) is 0 Å². The molecule has 0 spiro atoms. The van der Waals surface area contributed by atoms with Crippen molar-refractivity contribution in [1.29, 1.82) is 0 Å². The van der Waals surface area contributed by atoms with Crippen molar-refractivity contribution in [2.45, 2.75) is 50.9 Å². The number of nitrogens with two attached hydrogens (primary N) is 1. The summed E-state index contributed by atoms with van der Waals surface area (Å²) in [5, 5.41) is 0. The normalized spacial score (nSPS) is 16.4. The minimum atomic E-state index is 0.00349. The molecule has 1 aliphatic rings. The lowest BCUT2D eigenvalue weighted by atomic mass is 9.76. The van der Waals surface area contributed by atoms with Crippen LogP contribution in [-0.4, -0.2) is 0 Å². The Bertz CT molecular complexity index is 658. The van der Waals surface area contributed by atoms with Crippen molar-refractivity contribution in [2.24, 2.45) is 5.73 Å². The van der Waals surface area contributed by atoms with Crippen LogP contribution in [0.2, 0.25) is 0 Å². The zero-order chi connectivity index (χ0) is 16.3. The molecule has 0 aromatic heterocycles. The molecule has 0 unspecified atom stereocenters. The SMILES string of the molecule is C=C(N)C1(c2ccc(-c3ccc(CCC)cc3)cc2)CCCC1. The molecule has 2 aromatic carbocycles. The van der Waals surface area contributed by atoms with E-state index >= 15 is 0 Å². The first-order valence-electron chi connectivity index (χ1n) is 8.80. The molecular weight excluding hydrogens is 278 g/mol. The third-order valence-corrected chi connectivity index (χ3v) is 5.34. The molecule has 1 aliphatic carbocycles. The predicted octanol–water partition coefficient (Wildman–Crippen LogP) is 5.59. The molecule has 0 radical (unpaired) electrons. The van der Waals surface area contributed by atoms with E-state index in [2.05, 4.69) is 62.0 Å². The Kier molecular flexibility index (Phi) is 4.56. The van der Waals surface area contributed by atoms with Gasteiger partial charge in [0.2, 0.25) is 0 Å². The van der Waals surface area contributed by atoms with Crippen molar-refractivity contribution < 1.29 is 0 Å². The third-order valence-electron chi connectivity index (χ3n) is 5.34. The van der Waals surface area contributed by atoms with Crippen LogP contribution in [0.5, 0.6) is 0 Å². The molecule has 1 heteroatoms. The summed E-state index contributed by atoms with van der Waals surface area (Å²) in [5.41, 5.74) is 12.3. The molecule has 0 aliphatic heterocycles. The van der Waals surface area contributed by atoms with Gasteiger partial charge in [-0.2, -0.15) is 0 Å². The van der Waals surface area contributed by atoms with E-state index in [0.717, 1.165) is 25.0 Å². The van der Waals surface area contributed by atoms with Crippen molar-refractivity contribution in [1.82, 2.24) is 0 Å². The van der Waals surface area contributed by atoms with E-state index in [1.165, 1.54) is 41.5 Å². The highest BCUT2D eigenvalue weighted by Crippen LogP contribution is 2.44. The number of allylic oxidation sites excluding steroid dienone is 1. The Balaban J connectivity index is 1.85. The van der Waals surface area contributed by atoms with E-state index in [1.807, 2.05) is 0 Å². The van der Waals surface area contributed by atoms with Crippen LogP contribution in [0.3, 0.4) is 0 Å². The molecule has 1 saturated carbocycles. The van der Waals surface area contributed by atoms with Crippen LogP contribution in [0.4, 0.5) is 0 Å². The summed E-state index contributed by atoms with van der Waals surface area (Å²) < 4.78 is 0. The molecule has 2 N–H and O–H groups in total. The molecule has 0 heterocycles. The van der Waals surface area contributed by atoms with E-state index in [-0.39, 0.29) is 5.41 Å². The standard InChI is InChI=1S/C22H27N/c1-3-6-18-7-9-19(10-8-18)20-11-13-21(14-12-20)22(17(2)23)15-4-5-16-22/h7-14H,2-6,15-16,23H2,1H3. The molecule has 0 saturated heterocycles. The van der Waals surface area contributed by atoms with Crippen molar-refractivity contribution >= 4 is 0 Å². The minimum absolute atomic E-state index is 0.00349. The Hall–Kier alpha value is -2.02. The number of aryl methyl sites for hydroxylation is 1. The van der Waals surface area contributed by atoms with Crippen LogP contribution in [0, 0.1) is 0 Å². The molecular formula is C22H27N. The summed E-state index contributed by atoms with van der Waals surface area (Å²) >= 11 is 0. The summed E-state index contributed by atoms with van der Waals surface area (Å²) in [7, 11) is 0. The van der Waals surface area contributed by atoms with Crippen LogP contribution >= 0.6 is 0 Å². The van der Waals surface area contributed by atoms with Gasteiger partial charge in [-0.1, -0.05) is 81.3 Å². The number of benzene rings is 2. The van der Waals surface area contributed by atoms with Gasteiger partial charge in [0.15, 0.2) is 0 Å². The fraction of sp³-hybridized carbons (Fsp3) is 0.364. The highest BCUT2D eigenvalue weighted by molar-refractivity contribution is 5.64. The Labute approximate surface area is 140 Å². The molecule has 1 nitrogen and oxygen atoms in total. The fourth-order valence-corrected chi connectivity index (χ4v) is 3.91. The number of rotatable bonds is 5. The summed E-state index contributed by atoms with van der Waals surface area (Å²) in [6, 6.07) is 17.9. The van der Waals surface area contributed by atoms with E-state index in [0.29, 0.717) is 0 Å². The Morgan fingerprint density at radius 1 is 0.957 bits per heavy atom. The number of hydrogen-bond acceptors (Lipinski definition) is 1. The minimum Gasteiger partial charge on any atom is -0.402 e. The Morgan fingerprint density at radius 2 is 1.48 bits per heavy atom. The average molecular weight is 305 g/mol. The van der Waals surface area contributed by atoms with Crippen molar-refractivity contribution in [3.05, 3.63) is 71.9 Å². The smallest absolute Gasteiger partial charge is 0.0342 e. The summed E-state index contributed by atoms with van der Waals surface area (Å²) in [6.45, 7) is 6.29. The van der Waals surface area contributed by atoms with Gasteiger partial charge in [0, 0.05) is 11.1 Å². The topological polar surface area (TPSA) is 26.0 Å². The van der Waals surface area contributed by atoms with Gasteiger partial charge >= 0.3 is 0 Å². The van der Waals surface area contributed by atoms with Crippen molar-refractivity contribution in [3.8, 4) is 11.1 Å². The van der Waals surface area contributed by atoms with E-state index < -0.39 is 0 Å². The van der Waals surface area contributed by atoms with Crippen LogP contribution in [-0.2, 0) is 11.8 Å². The maximum atomic E-state index is 6.16. The molecule has 3 rings (SSSR count). The van der Waals surface area contributed by atoms with E-state index in [9.17, 15) is 0 Å². The average Bonchev–Trinajstić information content (AvgIpc) is 3.07. The Morgan fingerprint density at radius 3 is 1.96 bits per heavy atom. The zero-order valence-electron chi connectivity index (χ0n) is 14.1. The summed E-state index contributed by atoms with van der Waals surface area (Å²) in [5.74, 6) is 0. The zero-order valence-corrected chi connectivity index (χ0v) is 14.1. The second-order valence-corrected chi connectivity index (χ2v) is 6.84. The monoisotopic (exact) mass is 305 g/mol. The van der Waals surface area contributed by atoms with Gasteiger partial charge in [-0.05, 0) is 41.5 Å². The first kappa shape index (κ1) is 15.9. The number of hydrogen-bond donors (Lipinski definition) is 1. The molecule has 0 bridgehead atoms. The third kappa shape index (κ3) is 3.06. The second kappa shape index (κ2) is 6.62. The van der Waals surface area contributed by atoms with Gasteiger partial charge in [0.05, 0.1) is 0 Å². The molecule has 0 atom stereocenters. The highest BCUT2D eigenvalue weighted by atomic mass is 14.6. The summed E-state index contributed by atoms with van der Waals surface area (Å²) in [4.78, 5) is 0. The second-order valence-electron chi connectivity index (χ2n) is 6.84. The van der Waals surface area contributed by atoms with Crippen LogP contribution < -0.4 is 5.73 Å². The van der Waals surface area contributed by atoms with Gasteiger partial charge in [0.25, 0.3) is 0 Å². The molecule has 2 aromatic rings. The lowest BCUT2D eigenvalue weighted by Gasteiger charge is -2.30. The lowest BCUT2D eigenvalue weighted by Crippen LogP contribution is -2.28. The molecule has 120 valence electrons.